The van der Waals surface area contributed by atoms with Gasteiger partial charge in [-0.15, -0.1) is 0 Å². The van der Waals surface area contributed by atoms with Crippen molar-refractivity contribution >= 4 is 23.0 Å². The minimum atomic E-state index is 0.610. The zero-order valence-electron chi connectivity index (χ0n) is 18.2. The third-order valence-electron chi connectivity index (χ3n) is 7.35. The van der Waals surface area contributed by atoms with Crippen LogP contribution >= 0.6 is 12.2 Å². The highest BCUT2D eigenvalue weighted by atomic mass is 32.1. The van der Waals surface area contributed by atoms with Crippen LogP contribution in [0.3, 0.4) is 0 Å². The van der Waals surface area contributed by atoms with Gasteiger partial charge in [-0.1, -0.05) is 6.42 Å². The van der Waals surface area contributed by atoms with Crippen LogP contribution in [0.5, 0.6) is 0 Å². The van der Waals surface area contributed by atoms with Crippen LogP contribution < -0.4 is 10.6 Å². The molecule has 0 radical (unpaired) electrons. The molecule has 6 rings (SSSR count). The summed E-state index contributed by atoms with van der Waals surface area (Å²) in [4.78, 5) is 5.43. The Morgan fingerprint density at radius 3 is 2.65 bits per heavy atom. The van der Waals surface area contributed by atoms with Crippen molar-refractivity contribution in [1.29, 1.82) is 0 Å². The number of likely N-dealkylation sites (tertiary alicyclic amines) is 1. The maximum atomic E-state index is 5.57. The Morgan fingerprint density at radius 2 is 1.94 bits per heavy atom. The molecule has 4 aliphatic rings. The fraction of sp³-hybridized carbons (Fsp3) is 0.583. The molecular weight excluding hydrogens is 404 g/mol. The number of hydrogen-bond acceptors (Lipinski definition) is 4. The highest BCUT2D eigenvalue weighted by Gasteiger charge is 2.40. The van der Waals surface area contributed by atoms with Gasteiger partial charge in [0.15, 0.2) is 5.11 Å². The van der Waals surface area contributed by atoms with Crippen LogP contribution in [-0.4, -0.2) is 70.0 Å². The van der Waals surface area contributed by atoms with Gasteiger partial charge < -0.3 is 15.5 Å². The lowest BCUT2D eigenvalue weighted by molar-refractivity contribution is -0.0124. The van der Waals surface area contributed by atoms with Gasteiger partial charge in [0.25, 0.3) is 0 Å². The largest absolute Gasteiger partial charge is 0.361 e. The van der Waals surface area contributed by atoms with E-state index in [1.165, 1.54) is 64.8 Å². The van der Waals surface area contributed by atoms with Gasteiger partial charge in [0, 0.05) is 43.8 Å². The van der Waals surface area contributed by atoms with E-state index < -0.39 is 0 Å². The Bertz CT molecular complexity index is 845. The maximum absolute atomic E-state index is 5.57. The van der Waals surface area contributed by atoms with Crippen molar-refractivity contribution in [2.75, 3.05) is 44.6 Å². The minimum Gasteiger partial charge on any atom is -0.361 e. The first-order valence-electron chi connectivity index (χ1n) is 11.9. The summed E-state index contributed by atoms with van der Waals surface area (Å²) in [5, 5.41) is 11.8. The number of anilines is 1. The Kier molecular flexibility index (Phi) is 6.53. The molecule has 2 N–H and O–H groups in total. The van der Waals surface area contributed by atoms with Crippen LogP contribution in [-0.2, 0) is 0 Å². The molecule has 4 atom stereocenters. The summed E-state index contributed by atoms with van der Waals surface area (Å²) >= 11 is 5.57. The second-order valence-electron chi connectivity index (χ2n) is 9.39. The SMILES string of the molecule is S=C(NCC1CC2CCN1CC2CN1CCCCC1)Nc1ccc(-n2cccn2)cc1. The third kappa shape index (κ3) is 5.10. The van der Waals surface area contributed by atoms with Gasteiger partial charge in [0.05, 0.1) is 5.69 Å². The average molecular weight is 439 g/mol. The monoisotopic (exact) mass is 438 g/mol. The topological polar surface area (TPSA) is 48.4 Å². The second-order valence-corrected chi connectivity index (χ2v) is 9.80. The predicted octanol–water partition coefficient (Wildman–Crippen LogP) is 3.36. The van der Waals surface area contributed by atoms with Gasteiger partial charge in [-0.2, -0.15) is 5.10 Å². The first-order chi connectivity index (χ1) is 15.2. The molecule has 0 spiro atoms. The van der Waals surface area contributed by atoms with Crippen molar-refractivity contribution in [3.05, 3.63) is 42.7 Å². The molecule has 2 aromatic rings. The smallest absolute Gasteiger partial charge is 0.170 e. The third-order valence-corrected chi connectivity index (χ3v) is 7.59. The van der Waals surface area contributed by atoms with E-state index >= 15 is 0 Å². The van der Waals surface area contributed by atoms with Gasteiger partial charge in [0.1, 0.15) is 0 Å². The van der Waals surface area contributed by atoms with Crippen molar-refractivity contribution in [2.45, 2.75) is 38.1 Å². The number of nitrogens with one attached hydrogen (secondary N) is 2. The van der Waals surface area contributed by atoms with Crippen molar-refractivity contribution in [2.24, 2.45) is 11.8 Å². The number of hydrogen-bond donors (Lipinski definition) is 2. The van der Waals surface area contributed by atoms with Gasteiger partial charge in [-0.3, -0.25) is 4.90 Å². The van der Waals surface area contributed by atoms with Crippen LogP contribution in [0, 0.1) is 11.8 Å². The van der Waals surface area contributed by atoms with Crippen molar-refractivity contribution in [3.63, 3.8) is 0 Å². The summed E-state index contributed by atoms with van der Waals surface area (Å²) in [5.41, 5.74) is 2.04. The lowest BCUT2D eigenvalue weighted by Crippen LogP contribution is -2.58. The molecule has 1 aromatic carbocycles. The number of aromatic nitrogens is 2. The molecule has 4 saturated heterocycles. The molecule has 0 saturated carbocycles. The summed E-state index contributed by atoms with van der Waals surface area (Å²) < 4.78 is 1.85. The highest BCUT2D eigenvalue weighted by molar-refractivity contribution is 7.80. The first kappa shape index (κ1) is 20.9. The summed E-state index contributed by atoms with van der Waals surface area (Å²) in [5.74, 6) is 1.75. The van der Waals surface area contributed by atoms with Crippen LogP contribution in [0.25, 0.3) is 5.69 Å². The van der Waals surface area contributed by atoms with Gasteiger partial charge in [-0.25, -0.2) is 4.68 Å². The molecule has 0 aliphatic carbocycles. The van der Waals surface area contributed by atoms with Crippen molar-refractivity contribution < 1.29 is 0 Å². The summed E-state index contributed by atoms with van der Waals surface area (Å²) in [6.45, 7) is 7.40. The van der Waals surface area contributed by atoms with Gasteiger partial charge in [-0.05, 0) is 99.7 Å². The quantitative estimate of drug-likeness (QED) is 0.675. The van der Waals surface area contributed by atoms with Crippen LogP contribution in [0.4, 0.5) is 5.69 Å². The zero-order valence-corrected chi connectivity index (χ0v) is 19.1. The fourth-order valence-electron chi connectivity index (χ4n) is 5.65. The standard InChI is InChI=1S/C24H34N6S/c31-24(27-21-5-7-22(8-6-21)30-13-4-10-26-30)25-16-23-15-19-9-14-29(23)18-20(19)17-28-11-2-1-3-12-28/h4-8,10,13,19-20,23H,1-3,9,11-12,14-18H2,(H2,25,27,31). The van der Waals surface area contributed by atoms with Gasteiger partial charge >= 0.3 is 0 Å². The molecule has 4 unspecified atom stereocenters. The lowest BCUT2D eigenvalue weighted by Gasteiger charge is -2.51. The van der Waals surface area contributed by atoms with E-state index in [0.717, 1.165) is 29.8 Å². The molecule has 1 aromatic heterocycles. The highest BCUT2D eigenvalue weighted by Crippen LogP contribution is 2.36. The van der Waals surface area contributed by atoms with Crippen LogP contribution in [0.15, 0.2) is 42.7 Å². The van der Waals surface area contributed by atoms with Gasteiger partial charge in [0.2, 0.25) is 0 Å². The van der Waals surface area contributed by atoms with E-state index in [1.807, 2.05) is 41.2 Å². The summed E-state index contributed by atoms with van der Waals surface area (Å²) in [6, 6.07) is 10.7. The lowest BCUT2D eigenvalue weighted by atomic mass is 9.75. The fourth-order valence-corrected chi connectivity index (χ4v) is 5.85. The van der Waals surface area contributed by atoms with E-state index in [1.54, 1.807) is 6.20 Å². The predicted molar refractivity (Wildman–Crippen MR) is 130 cm³/mol. The van der Waals surface area contributed by atoms with E-state index in [2.05, 4.69) is 25.5 Å². The number of rotatable bonds is 6. The van der Waals surface area contributed by atoms with Crippen molar-refractivity contribution in [3.8, 4) is 5.69 Å². The van der Waals surface area contributed by atoms with E-state index in [0.29, 0.717) is 11.2 Å². The Morgan fingerprint density at radius 1 is 1.10 bits per heavy atom. The summed E-state index contributed by atoms with van der Waals surface area (Å²) in [7, 11) is 0. The molecular formula is C24H34N6S. The number of nitrogens with zero attached hydrogens (tertiary/aromatic N) is 4. The molecule has 166 valence electrons. The van der Waals surface area contributed by atoms with Crippen molar-refractivity contribution in [1.82, 2.24) is 24.9 Å². The Balaban J connectivity index is 1.08. The molecule has 6 nitrogen and oxygen atoms in total. The average Bonchev–Trinajstić information content (AvgIpc) is 3.35. The molecule has 5 heterocycles. The second kappa shape index (κ2) is 9.67. The molecule has 31 heavy (non-hydrogen) atoms. The Labute approximate surface area is 191 Å². The molecule has 0 amide bonds. The number of piperidine rings is 4. The Hall–Kier alpha value is -1.96. The maximum Gasteiger partial charge on any atom is 0.170 e. The van der Waals surface area contributed by atoms with E-state index in [9.17, 15) is 0 Å². The molecule has 4 fully saturated rings. The molecule has 7 heteroatoms. The normalized spacial score (nSPS) is 28.4. The molecule has 2 bridgehead atoms. The van der Waals surface area contributed by atoms with Crippen LogP contribution in [0.1, 0.15) is 32.1 Å². The van der Waals surface area contributed by atoms with E-state index in [-0.39, 0.29) is 0 Å². The van der Waals surface area contributed by atoms with E-state index in [4.69, 9.17) is 12.2 Å². The van der Waals surface area contributed by atoms with Crippen LogP contribution in [0.2, 0.25) is 0 Å². The number of fused-ring (bicyclic) bond motifs is 3. The number of thiocarbonyl (C=S) groups is 1. The molecule has 4 aliphatic heterocycles. The zero-order chi connectivity index (χ0) is 21.0. The number of benzene rings is 1. The summed E-state index contributed by atoms with van der Waals surface area (Å²) in [6.07, 6.45) is 10.6. The minimum absolute atomic E-state index is 0.610. The first-order valence-corrected chi connectivity index (χ1v) is 12.3.